The van der Waals surface area contributed by atoms with Gasteiger partial charge in [0.1, 0.15) is 5.82 Å². The van der Waals surface area contributed by atoms with Crippen LogP contribution < -0.4 is 15.5 Å². The van der Waals surface area contributed by atoms with Gasteiger partial charge in [0, 0.05) is 19.1 Å². The van der Waals surface area contributed by atoms with Crippen molar-refractivity contribution in [3.05, 3.63) is 18.3 Å². The SMILES string of the molecule is CC1CCCN(c2ccc(NC(=S)NC3CCCCC3)cn2)C1. The average Bonchev–Trinajstić information content (AvgIpc) is 2.56. The van der Waals surface area contributed by atoms with E-state index in [1.807, 2.05) is 6.20 Å². The van der Waals surface area contributed by atoms with E-state index >= 15 is 0 Å². The molecule has 5 heteroatoms. The highest BCUT2D eigenvalue weighted by molar-refractivity contribution is 7.80. The minimum Gasteiger partial charge on any atom is -0.360 e. The predicted octanol–water partition coefficient (Wildman–Crippen LogP) is 3.94. The first-order valence-electron chi connectivity index (χ1n) is 8.99. The first kappa shape index (κ1) is 16.5. The van der Waals surface area contributed by atoms with Gasteiger partial charge in [-0.15, -0.1) is 0 Å². The Morgan fingerprint density at radius 3 is 2.70 bits per heavy atom. The summed E-state index contributed by atoms with van der Waals surface area (Å²) in [7, 11) is 0. The first-order chi connectivity index (χ1) is 11.2. The largest absolute Gasteiger partial charge is 0.360 e. The fraction of sp³-hybridized carbons (Fsp3) is 0.667. The maximum Gasteiger partial charge on any atom is 0.171 e. The Morgan fingerprint density at radius 1 is 1.17 bits per heavy atom. The lowest BCUT2D eigenvalue weighted by molar-refractivity contribution is 0.415. The molecule has 0 aromatic carbocycles. The Labute approximate surface area is 145 Å². The Balaban J connectivity index is 1.51. The third kappa shape index (κ3) is 4.80. The molecule has 2 fully saturated rings. The maximum atomic E-state index is 5.43. The van der Waals surface area contributed by atoms with Crippen LogP contribution >= 0.6 is 12.2 Å². The predicted molar refractivity (Wildman–Crippen MR) is 101 cm³/mol. The van der Waals surface area contributed by atoms with Crippen molar-refractivity contribution in [1.82, 2.24) is 10.3 Å². The normalized spacial score (nSPS) is 22.7. The zero-order valence-corrected chi connectivity index (χ0v) is 14.9. The number of anilines is 2. The number of nitrogens with zero attached hydrogens (tertiary/aromatic N) is 2. The van der Waals surface area contributed by atoms with Gasteiger partial charge in [0.15, 0.2) is 5.11 Å². The molecule has 4 nitrogen and oxygen atoms in total. The van der Waals surface area contributed by atoms with E-state index in [2.05, 4.69) is 39.6 Å². The molecule has 23 heavy (non-hydrogen) atoms. The van der Waals surface area contributed by atoms with Gasteiger partial charge in [-0.25, -0.2) is 4.98 Å². The van der Waals surface area contributed by atoms with E-state index in [0.29, 0.717) is 6.04 Å². The van der Waals surface area contributed by atoms with Crippen molar-refractivity contribution in [3.63, 3.8) is 0 Å². The molecule has 3 rings (SSSR count). The van der Waals surface area contributed by atoms with E-state index in [0.717, 1.165) is 35.6 Å². The summed E-state index contributed by atoms with van der Waals surface area (Å²) in [6.45, 7) is 4.55. The molecule has 1 saturated heterocycles. The number of aromatic nitrogens is 1. The van der Waals surface area contributed by atoms with Crippen molar-refractivity contribution < 1.29 is 0 Å². The summed E-state index contributed by atoms with van der Waals surface area (Å²) < 4.78 is 0. The van der Waals surface area contributed by atoms with Crippen LogP contribution in [0, 0.1) is 5.92 Å². The molecule has 2 N–H and O–H groups in total. The molecule has 1 aromatic rings. The van der Waals surface area contributed by atoms with Crippen molar-refractivity contribution in [2.75, 3.05) is 23.3 Å². The zero-order chi connectivity index (χ0) is 16.1. The summed E-state index contributed by atoms with van der Waals surface area (Å²) in [5, 5.41) is 7.42. The second-order valence-electron chi connectivity index (χ2n) is 7.03. The highest BCUT2D eigenvalue weighted by Crippen LogP contribution is 2.22. The van der Waals surface area contributed by atoms with Crippen LogP contribution in [0.25, 0.3) is 0 Å². The Hall–Kier alpha value is -1.36. The summed E-state index contributed by atoms with van der Waals surface area (Å²) in [4.78, 5) is 7.00. The van der Waals surface area contributed by atoms with Crippen molar-refractivity contribution in [3.8, 4) is 0 Å². The van der Waals surface area contributed by atoms with E-state index in [4.69, 9.17) is 12.2 Å². The molecular weight excluding hydrogens is 304 g/mol. The van der Waals surface area contributed by atoms with Gasteiger partial charge in [0.05, 0.1) is 11.9 Å². The summed E-state index contributed by atoms with van der Waals surface area (Å²) in [5.74, 6) is 1.84. The molecule has 1 saturated carbocycles. The summed E-state index contributed by atoms with van der Waals surface area (Å²) in [6, 6.07) is 4.71. The van der Waals surface area contributed by atoms with E-state index in [1.54, 1.807) is 0 Å². The summed E-state index contributed by atoms with van der Waals surface area (Å²) >= 11 is 5.43. The maximum absolute atomic E-state index is 5.43. The Kier molecular flexibility index (Phi) is 5.70. The van der Waals surface area contributed by atoms with Crippen LogP contribution in [0.4, 0.5) is 11.5 Å². The molecule has 0 amide bonds. The second-order valence-corrected chi connectivity index (χ2v) is 7.44. The lowest BCUT2D eigenvalue weighted by Crippen LogP contribution is -2.38. The fourth-order valence-electron chi connectivity index (χ4n) is 3.64. The van der Waals surface area contributed by atoms with Crippen LogP contribution in [-0.2, 0) is 0 Å². The van der Waals surface area contributed by atoms with Gasteiger partial charge < -0.3 is 15.5 Å². The van der Waals surface area contributed by atoms with Crippen LogP contribution in [0.1, 0.15) is 51.9 Å². The van der Waals surface area contributed by atoms with Gasteiger partial charge in [-0.05, 0) is 56.0 Å². The van der Waals surface area contributed by atoms with Crippen molar-refractivity contribution in [1.29, 1.82) is 0 Å². The topological polar surface area (TPSA) is 40.2 Å². The van der Waals surface area contributed by atoms with Gasteiger partial charge >= 0.3 is 0 Å². The lowest BCUT2D eigenvalue weighted by atomic mass is 9.96. The van der Waals surface area contributed by atoms with E-state index in [-0.39, 0.29) is 0 Å². The fourth-order valence-corrected chi connectivity index (χ4v) is 3.93. The van der Waals surface area contributed by atoms with Crippen LogP contribution in [0.5, 0.6) is 0 Å². The molecule has 2 heterocycles. The van der Waals surface area contributed by atoms with E-state index in [9.17, 15) is 0 Å². The van der Waals surface area contributed by atoms with Gasteiger partial charge in [-0.1, -0.05) is 26.2 Å². The van der Waals surface area contributed by atoms with Crippen LogP contribution in [-0.4, -0.2) is 29.2 Å². The second kappa shape index (κ2) is 7.95. The average molecular weight is 333 g/mol. The molecule has 1 aliphatic carbocycles. The lowest BCUT2D eigenvalue weighted by Gasteiger charge is -2.31. The van der Waals surface area contributed by atoms with E-state index in [1.165, 1.54) is 44.9 Å². The standard InChI is InChI=1S/C18H28N4S/c1-14-6-5-11-22(13-14)17-10-9-16(12-19-17)21-18(23)20-15-7-3-2-4-8-15/h9-10,12,14-15H,2-8,11,13H2,1H3,(H2,20,21,23). The quantitative estimate of drug-likeness (QED) is 0.821. The van der Waals surface area contributed by atoms with Crippen LogP contribution in [0.15, 0.2) is 18.3 Å². The highest BCUT2D eigenvalue weighted by atomic mass is 32.1. The number of rotatable bonds is 3. The third-order valence-electron chi connectivity index (χ3n) is 4.93. The molecule has 126 valence electrons. The number of nitrogens with one attached hydrogen (secondary N) is 2. The molecule has 1 aromatic heterocycles. The number of hydrogen-bond acceptors (Lipinski definition) is 3. The molecule has 1 aliphatic heterocycles. The molecule has 0 bridgehead atoms. The summed E-state index contributed by atoms with van der Waals surface area (Å²) in [5.41, 5.74) is 0.965. The zero-order valence-electron chi connectivity index (χ0n) is 14.1. The van der Waals surface area contributed by atoms with Gasteiger partial charge in [-0.2, -0.15) is 0 Å². The molecule has 1 unspecified atom stereocenters. The smallest absolute Gasteiger partial charge is 0.171 e. The third-order valence-corrected chi connectivity index (χ3v) is 5.15. The number of pyridine rings is 1. The molecule has 2 aliphatic rings. The molecule has 1 atom stereocenters. The monoisotopic (exact) mass is 332 g/mol. The molecular formula is C18H28N4S. The highest BCUT2D eigenvalue weighted by Gasteiger charge is 2.17. The minimum atomic E-state index is 0.533. The summed E-state index contributed by atoms with van der Waals surface area (Å²) in [6.07, 6.45) is 10.9. The van der Waals surface area contributed by atoms with Crippen molar-refractivity contribution >= 4 is 28.8 Å². The Morgan fingerprint density at radius 2 is 2.00 bits per heavy atom. The van der Waals surface area contributed by atoms with Gasteiger partial charge in [0.2, 0.25) is 0 Å². The number of hydrogen-bond donors (Lipinski definition) is 2. The Bertz CT molecular complexity index is 510. The first-order valence-corrected chi connectivity index (χ1v) is 9.40. The number of piperidine rings is 1. The van der Waals surface area contributed by atoms with Crippen molar-refractivity contribution in [2.24, 2.45) is 5.92 Å². The van der Waals surface area contributed by atoms with E-state index < -0.39 is 0 Å². The number of thiocarbonyl (C=S) groups is 1. The van der Waals surface area contributed by atoms with Gasteiger partial charge in [-0.3, -0.25) is 0 Å². The molecule has 0 spiro atoms. The van der Waals surface area contributed by atoms with Crippen LogP contribution in [0.2, 0.25) is 0 Å². The molecule has 0 radical (unpaired) electrons. The van der Waals surface area contributed by atoms with Gasteiger partial charge in [0.25, 0.3) is 0 Å². The van der Waals surface area contributed by atoms with Crippen LogP contribution in [0.3, 0.4) is 0 Å². The minimum absolute atomic E-state index is 0.533. The van der Waals surface area contributed by atoms with Crippen molar-refractivity contribution in [2.45, 2.75) is 57.9 Å².